The standard InChI is InChI=1S/C20H24N6S/c1-3-11-24-19(17-9-10-17)22-26(20(24)27)15-23(2)13-16-12-21-25(14-16)18-7-5-4-6-8-18/h3-8,12,14,17H,1,9-11,13,15H2,2H3. The fraction of sp³-hybridized carbons (Fsp3) is 0.350. The van der Waals surface area contributed by atoms with Gasteiger partial charge in [-0.1, -0.05) is 24.3 Å². The van der Waals surface area contributed by atoms with Crippen molar-refractivity contribution < 1.29 is 0 Å². The zero-order valence-electron chi connectivity index (χ0n) is 15.5. The summed E-state index contributed by atoms with van der Waals surface area (Å²) >= 11 is 5.65. The number of hydrogen-bond acceptors (Lipinski definition) is 4. The van der Waals surface area contributed by atoms with Gasteiger partial charge in [-0.2, -0.15) is 10.2 Å². The molecule has 0 spiro atoms. The Labute approximate surface area is 164 Å². The van der Waals surface area contributed by atoms with Gasteiger partial charge < -0.3 is 0 Å². The van der Waals surface area contributed by atoms with E-state index in [4.69, 9.17) is 17.3 Å². The highest BCUT2D eigenvalue weighted by Gasteiger charge is 2.29. The summed E-state index contributed by atoms with van der Waals surface area (Å²) in [6, 6.07) is 10.1. The molecule has 7 heteroatoms. The normalized spacial score (nSPS) is 14.0. The maximum absolute atomic E-state index is 5.65. The molecule has 1 aromatic carbocycles. The lowest BCUT2D eigenvalue weighted by molar-refractivity contribution is 0.243. The minimum atomic E-state index is 0.558. The van der Waals surface area contributed by atoms with Crippen LogP contribution < -0.4 is 0 Å². The van der Waals surface area contributed by atoms with Crippen molar-refractivity contribution in [2.75, 3.05) is 7.05 Å². The smallest absolute Gasteiger partial charge is 0.199 e. The topological polar surface area (TPSA) is 43.8 Å². The fourth-order valence-electron chi connectivity index (χ4n) is 3.25. The molecule has 0 amide bonds. The Hall–Kier alpha value is -2.51. The fourth-order valence-corrected chi connectivity index (χ4v) is 3.51. The van der Waals surface area contributed by atoms with Crippen molar-refractivity contribution in [3.8, 4) is 5.69 Å². The van der Waals surface area contributed by atoms with Crippen molar-refractivity contribution in [3.05, 3.63) is 71.5 Å². The first-order valence-electron chi connectivity index (χ1n) is 9.21. The minimum Gasteiger partial charge on any atom is -0.300 e. The monoisotopic (exact) mass is 380 g/mol. The highest BCUT2D eigenvalue weighted by molar-refractivity contribution is 7.71. The summed E-state index contributed by atoms with van der Waals surface area (Å²) in [7, 11) is 2.07. The molecule has 0 unspecified atom stereocenters. The van der Waals surface area contributed by atoms with Crippen LogP contribution in [0.3, 0.4) is 0 Å². The largest absolute Gasteiger partial charge is 0.300 e. The second-order valence-electron chi connectivity index (χ2n) is 7.10. The number of rotatable bonds is 8. The molecule has 0 aliphatic heterocycles. The molecule has 0 radical (unpaired) electrons. The third kappa shape index (κ3) is 3.94. The SMILES string of the molecule is C=CCn1c(C2CC2)nn(CN(C)Cc2cnn(-c3ccccc3)c2)c1=S. The lowest BCUT2D eigenvalue weighted by Crippen LogP contribution is -2.22. The molecule has 27 heavy (non-hydrogen) atoms. The number of aromatic nitrogens is 5. The third-order valence-electron chi connectivity index (χ3n) is 4.69. The first-order chi connectivity index (χ1) is 13.2. The predicted molar refractivity (Wildman–Crippen MR) is 108 cm³/mol. The van der Waals surface area contributed by atoms with E-state index < -0.39 is 0 Å². The maximum atomic E-state index is 5.65. The van der Waals surface area contributed by atoms with Crippen LogP contribution in [0.25, 0.3) is 5.69 Å². The summed E-state index contributed by atoms with van der Waals surface area (Å²) < 4.78 is 6.71. The first-order valence-corrected chi connectivity index (χ1v) is 9.62. The van der Waals surface area contributed by atoms with E-state index in [1.165, 1.54) is 12.8 Å². The minimum absolute atomic E-state index is 0.558. The predicted octanol–water partition coefficient (Wildman–Crippen LogP) is 3.75. The molecule has 1 aliphatic rings. The quantitative estimate of drug-likeness (QED) is 0.441. The molecule has 4 rings (SSSR count). The maximum Gasteiger partial charge on any atom is 0.199 e. The van der Waals surface area contributed by atoms with Crippen molar-refractivity contribution in [1.29, 1.82) is 0 Å². The van der Waals surface area contributed by atoms with Gasteiger partial charge in [-0.15, -0.1) is 6.58 Å². The van der Waals surface area contributed by atoms with Gasteiger partial charge >= 0.3 is 0 Å². The third-order valence-corrected chi connectivity index (χ3v) is 5.12. The van der Waals surface area contributed by atoms with E-state index >= 15 is 0 Å². The second-order valence-corrected chi connectivity index (χ2v) is 7.46. The van der Waals surface area contributed by atoms with Gasteiger partial charge in [0.1, 0.15) is 5.82 Å². The van der Waals surface area contributed by atoms with Crippen LogP contribution in [0.15, 0.2) is 55.4 Å². The average molecular weight is 381 g/mol. The van der Waals surface area contributed by atoms with Gasteiger partial charge in [0, 0.05) is 30.8 Å². The van der Waals surface area contributed by atoms with E-state index in [0.717, 1.165) is 34.9 Å². The van der Waals surface area contributed by atoms with Crippen molar-refractivity contribution in [2.24, 2.45) is 0 Å². The summed E-state index contributed by atoms with van der Waals surface area (Å²) in [6.45, 7) is 6.00. The van der Waals surface area contributed by atoms with Gasteiger partial charge in [0.05, 0.1) is 18.6 Å². The molecule has 1 fully saturated rings. The van der Waals surface area contributed by atoms with Gasteiger partial charge in [0.25, 0.3) is 0 Å². The van der Waals surface area contributed by atoms with E-state index in [-0.39, 0.29) is 0 Å². The number of hydrogen-bond donors (Lipinski definition) is 0. The second kappa shape index (κ2) is 7.62. The number of benzene rings is 1. The van der Waals surface area contributed by atoms with Crippen LogP contribution in [0.4, 0.5) is 0 Å². The van der Waals surface area contributed by atoms with Crippen LogP contribution >= 0.6 is 12.2 Å². The molecule has 3 aromatic rings. The van der Waals surface area contributed by atoms with Crippen molar-refractivity contribution in [2.45, 2.75) is 38.5 Å². The Bertz CT molecular complexity index is 980. The molecule has 140 valence electrons. The van der Waals surface area contributed by atoms with E-state index in [1.54, 1.807) is 0 Å². The summed E-state index contributed by atoms with van der Waals surface area (Å²) in [5.74, 6) is 1.66. The van der Waals surface area contributed by atoms with Crippen LogP contribution in [0, 0.1) is 4.77 Å². The zero-order chi connectivity index (χ0) is 18.8. The molecule has 0 atom stereocenters. The average Bonchev–Trinajstić information content (AvgIpc) is 3.35. The van der Waals surface area contributed by atoms with Gasteiger partial charge in [-0.3, -0.25) is 9.47 Å². The molecule has 1 saturated carbocycles. The molecular formula is C20H24N6S. The molecular weight excluding hydrogens is 356 g/mol. The Morgan fingerprint density at radius 3 is 2.78 bits per heavy atom. The Balaban J connectivity index is 1.46. The van der Waals surface area contributed by atoms with Gasteiger partial charge in [0.15, 0.2) is 4.77 Å². The Morgan fingerprint density at radius 1 is 1.30 bits per heavy atom. The van der Waals surface area contributed by atoms with Crippen molar-refractivity contribution in [3.63, 3.8) is 0 Å². The van der Waals surface area contributed by atoms with Gasteiger partial charge in [-0.05, 0) is 44.2 Å². The summed E-state index contributed by atoms with van der Waals surface area (Å²) in [5.41, 5.74) is 2.21. The summed E-state index contributed by atoms with van der Waals surface area (Å²) in [5, 5.41) is 9.26. The zero-order valence-corrected chi connectivity index (χ0v) is 16.3. The van der Waals surface area contributed by atoms with E-state index in [2.05, 4.69) is 34.4 Å². The first kappa shape index (κ1) is 17.9. The molecule has 0 bridgehead atoms. The molecule has 0 saturated heterocycles. The summed E-state index contributed by atoms with van der Waals surface area (Å²) in [6.07, 6.45) is 8.27. The van der Waals surface area contributed by atoms with E-state index in [0.29, 0.717) is 12.6 Å². The Morgan fingerprint density at radius 2 is 2.07 bits per heavy atom. The lowest BCUT2D eigenvalue weighted by atomic mass is 10.3. The highest BCUT2D eigenvalue weighted by Crippen LogP contribution is 2.39. The highest BCUT2D eigenvalue weighted by atomic mass is 32.1. The van der Waals surface area contributed by atoms with Crippen LogP contribution in [0.2, 0.25) is 0 Å². The molecule has 0 N–H and O–H groups in total. The number of allylic oxidation sites excluding steroid dienone is 1. The number of nitrogens with zero attached hydrogens (tertiary/aromatic N) is 6. The molecule has 1 aliphatic carbocycles. The van der Waals surface area contributed by atoms with E-state index in [1.807, 2.05) is 52.0 Å². The van der Waals surface area contributed by atoms with Crippen molar-refractivity contribution >= 4 is 12.2 Å². The van der Waals surface area contributed by atoms with Crippen LogP contribution in [-0.2, 0) is 19.8 Å². The number of para-hydroxylation sites is 1. The molecule has 2 aromatic heterocycles. The van der Waals surface area contributed by atoms with Crippen LogP contribution in [-0.4, -0.2) is 36.1 Å². The molecule has 2 heterocycles. The lowest BCUT2D eigenvalue weighted by Gasteiger charge is -2.15. The van der Waals surface area contributed by atoms with Crippen molar-refractivity contribution in [1.82, 2.24) is 29.0 Å². The van der Waals surface area contributed by atoms with Gasteiger partial charge in [0.2, 0.25) is 0 Å². The van der Waals surface area contributed by atoms with E-state index in [9.17, 15) is 0 Å². The molecule has 6 nitrogen and oxygen atoms in total. The van der Waals surface area contributed by atoms with Gasteiger partial charge in [-0.25, -0.2) is 9.36 Å². The van der Waals surface area contributed by atoms with Crippen LogP contribution in [0.1, 0.15) is 30.1 Å². The Kier molecular flexibility index (Phi) is 5.05. The summed E-state index contributed by atoms with van der Waals surface area (Å²) in [4.78, 5) is 2.20. The van der Waals surface area contributed by atoms with Crippen LogP contribution in [0.5, 0.6) is 0 Å².